The van der Waals surface area contributed by atoms with Crippen molar-refractivity contribution in [3.8, 4) is 0 Å². The fourth-order valence-corrected chi connectivity index (χ4v) is 3.52. The van der Waals surface area contributed by atoms with E-state index >= 15 is 0 Å². The van der Waals surface area contributed by atoms with E-state index in [1.54, 1.807) is 18.3 Å². The number of nitrogens with zero attached hydrogens (tertiary/aromatic N) is 1. The summed E-state index contributed by atoms with van der Waals surface area (Å²) in [5, 5.41) is 19.6. The van der Waals surface area contributed by atoms with Crippen molar-refractivity contribution in [2.75, 3.05) is 16.0 Å². The lowest BCUT2D eigenvalue weighted by Crippen LogP contribution is -2.20. The molecule has 8 heteroatoms. The number of benzene rings is 3. The van der Waals surface area contributed by atoms with Gasteiger partial charge in [-0.3, -0.25) is 9.78 Å². The SMILES string of the molecule is CC(=CC(=O)Nc1ccc(NC(=O)Nc2cccnc2)cc1C(=O)O)c1ccc2ccccc2c1. The Kier molecular flexibility index (Phi) is 6.83. The molecule has 1 heterocycles. The number of urea groups is 1. The Morgan fingerprint density at radius 1 is 0.829 bits per heavy atom. The molecule has 3 amide bonds. The van der Waals surface area contributed by atoms with Crippen LogP contribution in [-0.2, 0) is 4.79 Å². The molecule has 0 aliphatic heterocycles. The first kappa shape index (κ1) is 23.2. The number of rotatable bonds is 6. The monoisotopic (exact) mass is 466 g/mol. The molecule has 0 spiro atoms. The number of carboxylic acid groups (broad SMARTS) is 1. The van der Waals surface area contributed by atoms with Crippen molar-refractivity contribution in [2.45, 2.75) is 6.92 Å². The second-order valence-corrected chi connectivity index (χ2v) is 7.76. The molecule has 0 radical (unpaired) electrons. The Hall–Kier alpha value is -4.98. The molecule has 0 fully saturated rings. The number of nitrogens with one attached hydrogen (secondary N) is 3. The summed E-state index contributed by atoms with van der Waals surface area (Å²) in [6.45, 7) is 1.82. The fraction of sp³-hybridized carbons (Fsp3) is 0.0370. The van der Waals surface area contributed by atoms with Gasteiger partial charge in [-0.25, -0.2) is 9.59 Å². The Morgan fingerprint density at radius 3 is 2.34 bits per heavy atom. The standard InChI is InChI=1S/C27H22N4O4/c1-17(19-9-8-18-5-2-3-6-20(18)14-19)13-25(32)31-24-11-10-21(15-23(24)26(33)34)29-27(35)30-22-7-4-12-28-16-22/h2-16H,1H3,(H,31,32)(H,33,34)(H2,29,30,35). The number of aromatic carboxylic acids is 1. The first-order valence-corrected chi connectivity index (χ1v) is 10.7. The molecular formula is C27H22N4O4. The highest BCUT2D eigenvalue weighted by Gasteiger charge is 2.14. The Labute approximate surface area is 201 Å². The van der Waals surface area contributed by atoms with E-state index in [4.69, 9.17) is 0 Å². The molecule has 1 aromatic heterocycles. The van der Waals surface area contributed by atoms with Crippen molar-refractivity contribution in [3.63, 3.8) is 0 Å². The summed E-state index contributed by atoms with van der Waals surface area (Å²) < 4.78 is 0. The smallest absolute Gasteiger partial charge is 0.337 e. The molecule has 0 aliphatic carbocycles. The van der Waals surface area contributed by atoms with Gasteiger partial charge in [0, 0.05) is 18.0 Å². The van der Waals surface area contributed by atoms with Gasteiger partial charge in [0.2, 0.25) is 5.91 Å². The van der Waals surface area contributed by atoms with Crippen LogP contribution in [0.1, 0.15) is 22.8 Å². The highest BCUT2D eigenvalue weighted by atomic mass is 16.4. The maximum absolute atomic E-state index is 12.6. The van der Waals surface area contributed by atoms with Crippen LogP contribution in [0.25, 0.3) is 16.3 Å². The Morgan fingerprint density at radius 2 is 1.60 bits per heavy atom. The molecule has 3 aromatic carbocycles. The van der Waals surface area contributed by atoms with Gasteiger partial charge in [0.15, 0.2) is 0 Å². The molecule has 0 bridgehead atoms. The molecule has 0 aliphatic rings. The van der Waals surface area contributed by atoms with Crippen molar-refractivity contribution in [3.05, 3.63) is 102 Å². The highest BCUT2D eigenvalue weighted by Crippen LogP contribution is 2.23. The predicted molar refractivity (Wildman–Crippen MR) is 137 cm³/mol. The van der Waals surface area contributed by atoms with Crippen LogP contribution in [0.3, 0.4) is 0 Å². The maximum Gasteiger partial charge on any atom is 0.337 e. The van der Waals surface area contributed by atoms with Crippen LogP contribution in [0, 0.1) is 0 Å². The van der Waals surface area contributed by atoms with E-state index in [9.17, 15) is 19.5 Å². The number of pyridine rings is 1. The quantitative estimate of drug-likeness (QED) is 0.275. The van der Waals surface area contributed by atoms with E-state index in [2.05, 4.69) is 20.9 Å². The summed E-state index contributed by atoms with van der Waals surface area (Å²) >= 11 is 0. The normalized spacial score (nSPS) is 11.1. The second kappa shape index (κ2) is 10.3. The number of anilines is 3. The minimum Gasteiger partial charge on any atom is -0.478 e. The van der Waals surface area contributed by atoms with Crippen molar-refractivity contribution >= 4 is 51.3 Å². The van der Waals surface area contributed by atoms with Crippen molar-refractivity contribution in [2.24, 2.45) is 0 Å². The van der Waals surface area contributed by atoms with E-state index < -0.39 is 17.9 Å². The number of carbonyl (C=O) groups is 3. The molecular weight excluding hydrogens is 444 g/mol. The summed E-state index contributed by atoms with van der Waals surface area (Å²) in [5.41, 5.74) is 2.31. The van der Waals surface area contributed by atoms with Gasteiger partial charge in [0.1, 0.15) is 0 Å². The maximum atomic E-state index is 12.6. The van der Waals surface area contributed by atoms with Crippen LogP contribution in [0.2, 0.25) is 0 Å². The van der Waals surface area contributed by atoms with Crippen LogP contribution in [0.4, 0.5) is 21.9 Å². The lowest BCUT2D eigenvalue weighted by atomic mass is 10.0. The van der Waals surface area contributed by atoms with Crippen molar-refractivity contribution in [1.82, 2.24) is 4.98 Å². The molecule has 0 saturated carbocycles. The third kappa shape index (κ3) is 5.88. The zero-order valence-corrected chi connectivity index (χ0v) is 18.8. The van der Waals surface area contributed by atoms with E-state index in [0.717, 1.165) is 21.9 Å². The van der Waals surface area contributed by atoms with Gasteiger partial charge in [0.05, 0.1) is 23.1 Å². The van der Waals surface area contributed by atoms with Crippen LogP contribution in [0.5, 0.6) is 0 Å². The van der Waals surface area contributed by atoms with Gasteiger partial charge in [-0.2, -0.15) is 0 Å². The molecule has 35 heavy (non-hydrogen) atoms. The Bertz CT molecular complexity index is 1450. The van der Waals surface area contributed by atoms with E-state index in [1.165, 1.54) is 30.5 Å². The second-order valence-electron chi connectivity index (χ2n) is 7.76. The Balaban J connectivity index is 1.48. The van der Waals surface area contributed by atoms with E-state index in [1.807, 2.05) is 49.4 Å². The van der Waals surface area contributed by atoms with Crippen LogP contribution < -0.4 is 16.0 Å². The predicted octanol–water partition coefficient (Wildman–Crippen LogP) is 5.62. The number of allylic oxidation sites excluding steroid dienone is 1. The minimum absolute atomic E-state index is 0.114. The van der Waals surface area contributed by atoms with Gasteiger partial charge in [0.25, 0.3) is 0 Å². The van der Waals surface area contributed by atoms with Gasteiger partial charge < -0.3 is 21.1 Å². The number of hydrogen-bond acceptors (Lipinski definition) is 4. The lowest BCUT2D eigenvalue weighted by Gasteiger charge is -2.11. The summed E-state index contributed by atoms with van der Waals surface area (Å²) in [6.07, 6.45) is 4.48. The number of amides is 3. The van der Waals surface area contributed by atoms with Gasteiger partial charge >= 0.3 is 12.0 Å². The third-order valence-corrected chi connectivity index (χ3v) is 5.24. The summed E-state index contributed by atoms with van der Waals surface area (Å²) in [7, 11) is 0. The van der Waals surface area contributed by atoms with Crippen LogP contribution in [0.15, 0.2) is 91.3 Å². The zero-order valence-electron chi connectivity index (χ0n) is 18.8. The van der Waals surface area contributed by atoms with Crippen molar-refractivity contribution < 1.29 is 19.5 Å². The van der Waals surface area contributed by atoms with E-state index in [0.29, 0.717) is 5.69 Å². The summed E-state index contributed by atoms with van der Waals surface area (Å²) in [4.78, 5) is 40.5. The van der Waals surface area contributed by atoms with Gasteiger partial charge in [-0.05, 0) is 65.2 Å². The summed E-state index contributed by atoms with van der Waals surface area (Å²) in [6, 6.07) is 20.8. The first-order chi connectivity index (χ1) is 16.9. The molecule has 0 atom stereocenters. The molecule has 4 rings (SSSR count). The average molecular weight is 466 g/mol. The van der Waals surface area contributed by atoms with Crippen LogP contribution in [-0.4, -0.2) is 28.0 Å². The number of carbonyl (C=O) groups excluding carboxylic acids is 2. The summed E-state index contributed by atoms with van der Waals surface area (Å²) in [5.74, 6) is -1.71. The minimum atomic E-state index is -1.24. The van der Waals surface area contributed by atoms with Crippen LogP contribution >= 0.6 is 0 Å². The number of hydrogen-bond donors (Lipinski definition) is 4. The molecule has 8 nitrogen and oxygen atoms in total. The molecule has 174 valence electrons. The number of aromatic nitrogens is 1. The largest absolute Gasteiger partial charge is 0.478 e. The van der Waals surface area contributed by atoms with Crippen molar-refractivity contribution in [1.29, 1.82) is 0 Å². The molecule has 0 saturated heterocycles. The topological polar surface area (TPSA) is 120 Å². The average Bonchev–Trinajstić information content (AvgIpc) is 2.85. The number of fused-ring (bicyclic) bond motifs is 1. The zero-order chi connectivity index (χ0) is 24.8. The van der Waals surface area contributed by atoms with Gasteiger partial charge in [-0.1, -0.05) is 36.4 Å². The number of carboxylic acids is 1. The third-order valence-electron chi connectivity index (χ3n) is 5.24. The highest BCUT2D eigenvalue weighted by molar-refractivity contribution is 6.08. The molecule has 0 unspecified atom stereocenters. The first-order valence-electron chi connectivity index (χ1n) is 10.7. The molecule has 4 N–H and O–H groups in total. The molecule has 4 aromatic rings. The van der Waals surface area contributed by atoms with Gasteiger partial charge in [-0.15, -0.1) is 0 Å². The van der Waals surface area contributed by atoms with E-state index in [-0.39, 0.29) is 16.9 Å². The fourth-order valence-electron chi connectivity index (χ4n) is 3.52. The lowest BCUT2D eigenvalue weighted by molar-refractivity contribution is -0.111.